The van der Waals surface area contributed by atoms with Crippen molar-refractivity contribution in [2.75, 3.05) is 37.7 Å². The molecule has 0 bridgehead atoms. The molecule has 4 heterocycles. The Balaban J connectivity index is 1.18. The Labute approximate surface area is 267 Å². The van der Waals surface area contributed by atoms with Gasteiger partial charge in [-0.1, -0.05) is 31.4 Å². The Bertz CT molecular complexity index is 1520. The van der Waals surface area contributed by atoms with Gasteiger partial charge in [0.15, 0.2) is 0 Å². The number of nitrogens with zero attached hydrogens (tertiary/aromatic N) is 5. The first-order valence-electron chi connectivity index (χ1n) is 16.1. The predicted molar refractivity (Wildman–Crippen MR) is 177 cm³/mol. The predicted octanol–water partition coefficient (Wildman–Crippen LogP) is 6.51. The fraction of sp³-hybridized carbons (Fsp3) is 0.559. The van der Waals surface area contributed by atoms with Crippen LogP contribution in [0.5, 0.6) is 11.8 Å². The summed E-state index contributed by atoms with van der Waals surface area (Å²) in [6, 6.07) is 10.0. The zero-order chi connectivity index (χ0) is 29.6. The maximum absolute atomic E-state index is 14.1. The van der Waals surface area contributed by atoms with Crippen LogP contribution in [0.1, 0.15) is 86.3 Å². The number of likely N-dealkylation sites (tertiary alicyclic amines) is 1. The maximum atomic E-state index is 14.1. The molecule has 1 amide bonds. The van der Waals surface area contributed by atoms with Crippen molar-refractivity contribution >= 4 is 45.1 Å². The molecule has 2 saturated heterocycles. The molecule has 228 valence electrons. The molecule has 3 fully saturated rings. The molecule has 9 heteroatoms. The third-order valence-electron chi connectivity index (χ3n) is 9.97. The van der Waals surface area contributed by atoms with Crippen LogP contribution >= 0.6 is 22.6 Å². The van der Waals surface area contributed by atoms with Crippen LogP contribution in [0.2, 0.25) is 0 Å². The van der Waals surface area contributed by atoms with Gasteiger partial charge >= 0.3 is 6.01 Å². The number of phenols is 1. The van der Waals surface area contributed by atoms with Crippen molar-refractivity contribution in [1.82, 2.24) is 19.8 Å². The minimum absolute atomic E-state index is 0.0983. The molecule has 4 aliphatic rings. The smallest absolute Gasteiger partial charge is 0.318 e. The van der Waals surface area contributed by atoms with Crippen LogP contribution in [0.3, 0.4) is 0 Å². The number of aromatic hydroxyl groups is 1. The van der Waals surface area contributed by atoms with E-state index >= 15 is 0 Å². The topological polar surface area (TPSA) is 82.0 Å². The highest BCUT2D eigenvalue weighted by atomic mass is 127. The number of anilines is 1. The fourth-order valence-electron chi connectivity index (χ4n) is 7.29. The number of halogens is 1. The van der Waals surface area contributed by atoms with Gasteiger partial charge in [0.05, 0.1) is 31.0 Å². The van der Waals surface area contributed by atoms with Crippen molar-refractivity contribution in [2.24, 2.45) is 5.41 Å². The second-order valence-electron chi connectivity index (χ2n) is 13.3. The van der Waals surface area contributed by atoms with Crippen LogP contribution < -0.4 is 9.64 Å². The molecule has 0 radical (unpaired) electrons. The van der Waals surface area contributed by atoms with E-state index in [-0.39, 0.29) is 17.1 Å². The van der Waals surface area contributed by atoms with E-state index in [1.165, 1.54) is 58.0 Å². The molecule has 0 spiro atoms. The van der Waals surface area contributed by atoms with Crippen molar-refractivity contribution in [3.63, 3.8) is 0 Å². The number of hydrogen-bond acceptors (Lipinski definition) is 7. The van der Waals surface area contributed by atoms with Gasteiger partial charge in [0.2, 0.25) is 0 Å². The first-order chi connectivity index (χ1) is 20.9. The minimum Gasteiger partial charge on any atom is -0.508 e. The molecule has 1 saturated carbocycles. The lowest BCUT2D eigenvalue weighted by atomic mass is 10.0. The molecule has 43 heavy (non-hydrogen) atoms. The summed E-state index contributed by atoms with van der Waals surface area (Å²) in [6.07, 6.45) is 11.1. The quantitative estimate of drug-likeness (QED) is 0.283. The third-order valence-corrected chi connectivity index (χ3v) is 10.9. The monoisotopic (exact) mass is 695 g/mol. The van der Waals surface area contributed by atoms with Gasteiger partial charge in [-0.05, 0) is 105 Å². The van der Waals surface area contributed by atoms with Crippen LogP contribution in [0.4, 0.5) is 5.82 Å². The number of carbonyl (C=O) groups excluding carboxylic acids is 1. The second-order valence-corrected chi connectivity index (χ2v) is 14.4. The van der Waals surface area contributed by atoms with Gasteiger partial charge in [0.25, 0.3) is 5.91 Å². The Morgan fingerprint density at radius 1 is 1.05 bits per heavy atom. The zero-order valence-electron chi connectivity index (χ0n) is 25.2. The van der Waals surface area contributed by atoms with E-state index in [0.29, 0.717) is 37.3 Å². The highest BCUT2D eigenvalue weighted by molar-refractivity contribution is 14.1. The molecule has 3 aromatic rings. The number of piperidine rings is 1. The van der Waals surface area contributed by atoms with Gasteiger partial charge in [-0.15, -0.1) is 0 Å². The number of phenolic OH excluding ortho intramolecular Hbond substituents is 1. The van der Waals surface area contributed by atoms with Gasteiger partial charge in [0, 0.05) is 39.1 Å². The summed E-state index contributed by atoms with van der Waals surface area (Å²) >= 11 is 2.27. The number of amides is 1. The summed E-state index contributed by atoms with van der Waals surface area (Å²) in [6.45, 7) is 8.24. The molecule has 3 aliphatic heterocycles. The number of carbonyl (C=O) groups is 1. The molecule has 7 rings (SSSR count). The summed E-state index contributed by atoms with van der Waals surface area (Å²) in [4.78, 5) is 31.0. The van der Waals surface area contributed by atoms with Crippen molar-refractivity contribution in [3.05, 3.63) is 50.7 Å². The van der Waals surface area contributed by atoms with Crippen LogP contribution in [-0.4, -0.2) is 69.6 Å². The normalized spacial score (nSPS) is 22.0. The largest absolute Gasteiger partial charge is 0.508 e. The number of ether oxygens (including phenoxy) is 1. The Morgan fingerprint density at radius 2 is 1.84 bits per heavy atom. The number of aromatic nitrogens is 2. The third kappa shape index (κ3) is 6.03. The average Bonchev–Trinajstić information content (AvgIpc) is 3.69. The summed E-state index contributed by atoms with van der Waals surface area (Å²) in [5, 5.41) is 12.2. The van der Waals surface area contributed by atoms with Crippen molar-refractivity contribution in [3.8, 4) is 11.8 Å². The Hall–Kier alpha value is -2.66. The molecular formula is C34H42IN5O3. The fourth-order valence-corrected chi connectivity index (χ4v) is 8.10. The van der Waals surface area contributed by atoms with Crippen LogP contribution in [-0.2, 0) is 13.1 Å². The molecule has 1 aliphatic carbocycles. The van der Waals surface area contributed by atoms with E-state index in [4.69, 9.17) is 14.7 Å². The minimum atomic E-state index is -0.0983. The molecule has 2 aromatic carbocycles. The summed E-state index contributed by atoms with van der Waals surface area (Å²) in [7, 11) is 0. The average molecular weight is 696 g/mol. The second kappa shape index (κ2) is 12.0. The molecule has 1 atom stereocenters. The summed E-state index contributed by atoms with van der Waals surface area (Å²) < 4.78 is 7.44. The van der Waals surface area contributed by atoms with Crippen LogP contribution in [0.15, 0.2) is 30.3 Å². The maximum Gasteiger partial charge on any atom is 0.318 e. The lowest BCUT2D eigenvalue weighted by molar-refractivity contribution is 0.0752. The summed E-state index contributed by atoms with van der Waals surface area (Å²) in [5.41, 5.74) is 2.65. The van der Waals surface area contributed by atoms with Gasteiger partial charge in [-0.2, -0.15) is 9.97 Å². The van der Waals surface area contributed by atoms with Crippen molar-refractivity contribution in [1.29, 1.82) is 0 Å². The Morgan fingerprint density at radius 3 is 2.65 bits per heavy atom. The van der Waals surface area contributed by atoms with Gasteiger partial charge in [0.1, 0.15) is 11.6 Å². The standard InChI is InChI=1S/C34H42IN5O3/c1-23-9-4-2-7-16-40(23)31-27-19-39(32(42)26-18-25(41)17-24-10-8-11-28(35)30(24)26)20-29(27)36-33(37-31)43-22-34(12-13-34)21-38-14-5-3-6-15-38/h8,10-11,17-18,23,41H,2-7,9,12-16,19-22H2,1H3. The van der Waals surface area contributed by atoms with E-state index in [9.17, 15) is 9.90 Å². The first-order valence-corrected chi connectivity index (χ1v) is 17.2. The number of hydrogen-bond donors (Lipinski definition) is 1. The highest BCUT2D eigenvalue weighted by Crippen LogP contribution is 2.47. The van der Waals surface area contributed by atoms with Crippen molar-refractivity contribution in [2.45, 2.75) is 83.8 Å². The summed E-state index contributed by atoms with van der Waals surface area (Å²) in [5.74, 6) is 0.933. The van der Waals surface area contributed by atoms with Gasteiger partial charge in [-0.3, -0.25) is 4.79 Å². The van der Waals surface area contributed by atoms with E-state index in [0.717, 1.165) is 57.3 Å². The SMILES string of the molecule is CC1CCCCCN1c1nc(OCC2(CN3CCCCC3)CC2)nc2c1CN(C(=O)c1cc(O)cc3cccc(I)c13)C2. The van der Waals surface area contributed by atoms with Gasteiger partial charge in [-0.25, -0.2) is 0 Å². The first kappa shape index (κ1) is 29.1. The van der Waals surface area contributed by atoms with E-state index in [2.05, 4.69) is 39.3 Å². The van der Waals surface area contributed by atoms with Gasteiger partial charge < -0.3 is 24.5 Å². The molecule has 8 nitrogen and oxygen atoms in total. The van der Waals surface area contributed by atoms with E-state index in [1.807, 2.05) is 23.1 Å². The number of benzene rings is 2. The van der Waals surface area contributed by atoms with E-state index in [1.54, 1.807) is 12.1 Å². The van der Waals surface area contributed by atoms with Crippen LogP contribution in [0, 0.1) is 8.99 Å². The molecule has 1 unspecified atom stereocenters. The highest BCUT2D eigenvalue weighted by Gasteiger charge is 2.45. The lowest BCUT2D eigenvalue weighted by Crippen LogP contribution is -2.37. The molecule has 1 aromatic heterocycles. The molecule has 1 N–H and O–H groups in total. The van der Waals surface area contributed by atoms with E-state index < -0.39 is 0 Å². The number of rotatable bonds is 7. The number of fused-ring (bicyclic) bond motifs is 2. The van der Waals surface area contributed by atoms with Crippen molar-refractivity contribution < 1.29 is 14.6 Å². The molecular weight excluding hydrogens is 653 g/mol. The Kier molecular flexibility index (Phi) is 8.13. The zero-order valence-corrected chi connectivity index (χ0v) is 27.3. The lowest BCUT2D eigenvalue weighted by Gasteiger charge is -2.31. The van der Waals surface area contributed by atoms with Crippen LogP contribution in [0.25, 0.3) is 10.8 Å².